The summed E-state index contributed by atoms with van der Waals surface area (Å²) < 4.78 is 0. The minimum Gasteiger partial charge on any atom is -0.357 e. The number of aryl methyl sites for hydroxylation is 1. The lowest BCUT2D eigenvalue weighted by Crippen LogP contribution is -2.26. The SMILES string of the molecule is CCCN(CCC)c1ccc(C(=O)Nc2cccc(C)c2)cn1. The Hall–Kier alpha value is -2.36. The zero-order chi connectivity index (χ0) is 16.7. The molecule has 0 fully saturated rings. The van der Waals surface area contributed by atoms with Crippen molar-refractivity contribution < 1.29 is 4.79 Å². The van der Waals surface area contributed by atoms with Gasteiger partial charge in [-0.15, -0.1) is 0 Å². The summed E-state index contributed by atoms with van der Waals surface area (Å²) in [5, 5.41) is 2.91. The molecule has 0 spiro atoms. The van der Waals surface area contributed by atoms with Crippen LogP contribution in [0.5, 0.6) is 0 Å². The van der Waals surface area contributed by atoms with Gasteiger partial charge in [0.2, 0.25) is 0 Å². The normalized spacial score (nSPS) is 10.4. The van der Waals surface area contributed by atoms with Crippen LogP contribution in [-0.2, 0) is 0 Å². The fourth-order valence-corrected chi connectivity index (χ4v) is 2.51. The van der Waals surface area contributed by atoms with E-state index in [0.717, 1.165) is 43.0 Å². The van der Waals surface area contributed by atoms with Crippen molar-refractivity contribution in [1.29, 1.82) is 0 Å². The average Bonchev–Trinajstić information content (AvgIpc) is 2.55. The maximum atomic E-state index is 12.3. The number of nitrogens with one attached hydrogen (secondary N) is 1. The van der Waals surface area contributed by atoms with Gasteiger partial charge in [0.25, 0.3) is 5.91 Å². The molecule has 0 aliphatic heterocycles. The van der Waals surface area contributed by atoms with Crippen LogP contribution in [0.4, 0.5) is 11.5 Å². The molecule has 4 heteroatoms. The summed E-state index contributed by atoms with van der Waals surface area (Å²) >= 11 is 0. The quantitative estimate of drug-likeness (QED) is 0.830. The summed E-state index contributed by atoms with van der Waals surface area (Å²) in [6.07, 6.45) is 3.81. The Balaban J connectivity index is 2.07. The first-order valence-electron chi connectivity index (χ1n) is 8.23. The second-order valence-electron chi connectivity index (χ2n) is 5.72. The molecule has 1 heterocycles. The van der Waals surface area contributed by atoms with Gasteiger partial charge < -0.3 is 10.2 Å². The first-order chi connectivity index (χ1) is 11.1. The molecule has 0 saturated heterocycles. The van der Waals surface area contributed by atoms with Gasteiger partial charge in [-0.25, -0.2) is 4.98 Å². The number of hydrogen-bond acceptors (Lipinski definition) is 3. The lowest BCUT2D eigenvalue weighted by atomic mass is 10.2. The van der Waals surface area contributed by atoms with Crippen molar-refractivity contribution in [3.63, 3.8) is 0 Å². The van der Waals surface area contributed by atoms with E-state index in [4.69, 9.17) is 0 Å². The number of aromatic nitrogens is 1. The number of nitrogens with zero attached hydrogens (tertiary/aromatic N) is 2. The highest BCUT2D eigenvalue weighted by molar-refractivity contribution is 6.04. The molecule has 0 aliphatic rings. The van der Waals surface area contributed by atoms with Crippen LogP contribution >= 0.6 is 0 Å². The number of benzene rings is 1. The fraction of sp³-hybridized carbons (Fsp3) is 0.368. The maximum absolute atomic E-state index is 12.3. The molecule has 23 heavy (non-hydrogen) atoms. The first-order valence-corrected chi connectivity index (χ1v) is 8.23. The minimum atomic E-state index is -0.132. The molecule has 1 aromatic carbocycles. The van der Waals surface area contributed by atoms with Gasteiger partial charge in [0, 0.05) is 25.0 Å². The van der Waals surface area contributed by atoms with E-state index in [9.17, 15) is 4.79 Å². The van der Waals surface area contributed by atoms with E-state index in [1.807, 2.05) is 43.3 Å². The second kappa shape index (κ2) is 8.32. The van der Waals surface area contributed by atoms with Crippen LogP contribution in [0.2, 0.25) is 0 Å². The lowest BCUT2D eigenvalue weighted by Gasteiger charge is -2.22. The summed E-state index contributed by atoms with van der Waals surface area (Å²) in [6.45, 7) is 8.28. The Kier molecular flexibility index (Phi) is 6.15. The van der Waals surface area contributed by atoms with Gasteiger partial charge in [0.05, 0.1) is 5.56 Å². The summed E-state index contributed by atoms with van der Waals surface area (Å²) in [5.41, 5.74) is 2.49. The van der Waals surface area contributed by atoms with Gasteiger partial charge in [-0.2, -0.15) is 0 Å². The van der Waals surface area contributed by atoms with Crippen LogP contribution in [0.3, 0.4) is 0 Å². The molecule has 1 aromatic heterocycles. The van der Waals surface area contributed by atoms with Gasteiger partial charge in [0.15, 0.2) is 0 Å². The van der Waals surface area contributed by atoms with Crippen molar-refractivity contribution in [2.45, 2.75) is 33.6 Å². The van der Waals surface area contributed by atoms with Gasteiger partial charge in [-0.1, -0.05) is 26.0 Å². The van der Waals surface area contributed by atoms with E-state index in [1.165, 1.54) is 0 Å². The number of carbonyl (C=O) groups excluding carboxylic acids is 1. The van der Waals surface area contributed by atoms with Crippen LogP contribution in [0, 0.1) is 6.92 Å². The molecule has 0 unspecified atom stereocenters. The van der Waals surface area contributed by atoms with Gasteiger partial charge in [-0.3, -0.25) is 4.79 Å². The first kappa shape index (κ1) is 17.0. The fourth-order valence-electron chi connectivity index (χ4n) is 2.51. The van der Waals surface area contributed by atoms with E-state index in [1.54, 1.807) is 6.20 Å². The maximum Gasteiger partial charge on any atom is 0.257 e. The highest BCUT2D eigenvalue weighted by Crippen LogP contribution is 2.15. The minimum absolute atomic E-state index is 0.132. The molecule has 4 nitrogen and oxygen atoms in total. The van der Waals surface area contributed by atoms with Crippen molar-refractivity contribution in [3.05, 3.63) is 53.7 Å². The Labute approximate surface area is 138 Å². The molecule has 1 amide bonds. The molecule has 122 valence electrons. The third kappa shape index (κ3) is 4.81. The second-order valence-corrected chi connectivity index (χ2v) is 5.72. The molecule has 0 aliphatic carbocycles. The molecule has 2 rings (SSSR count). The number of amides is 1. The largest absolute Gasteiger partial charge is 0.357 e. The summed E-state index contributed by atoms with van der Waals surface area (Å²) in [5.74, 6) is 0.799. The van der Waals surface area contributed by atoms with E-state index in [-0.39, 0.29) is 5.91 Å². The van der Waals surface area contributed by atoms with E-state index in [0.29, 0.717) is 5.56 Å². The predicted molar refractivity (Wildman–Crippen MR) is 96.2 cm³/mol. The molecule has 0 bridgehead atoms. The topological polar surface area (TPSA) is 45.2 Å². The summed E-state index contributed by atoms with van der Waals surface area (Å²) in [4.78, 5) is 19.0. The zero-order valence-corrected chi connectivity index (χ0v) is 14.2. The Morgan fingerprint density at radius 3 is 2.43 bits per heavy atom. The molecule has 0 radical (unpaired) electrons. The smallest absolute Gasteiger partial charge is 0.257 e. The number of rotatable bonds is 7. The molecule has 0 saturated carbocycles. The molecule has 0 atom stereocenters. The Morgan fingerprint density at radius 2 is 1.87 bits per heavy atom. The number of carbonyl (C=O) groups is 1. The number of pyridine rings is 1. The van der Waals surface area contributed by atoms with E-state index >= 15 is 0 Å². The summed E-state index contributed by atoms with van der Waals surface area (Å²) in [6, 6.07) is 11.5. The van der Waals surface area contributed by atoms with Crippen molar-refractivity contribution >= 4 is 17.4 Å². The van der Waals surface area contributed by atoms with E-state index < -0.39 is 0 Å². The zero-order valence-electron chi connectivity index (χ0n) is 14.2. The number of hydrogen-bond donors (Lipinski definition) is 1. The van der Waals surface area contributed by atoms with Gasteiger partial charge in [0.1, 0.15) is 5.82 Å². The standard InChI is InChI=1S/C19H25N3O/c1-4-11-22(12-5-2)18-10-9-16(14-20-18)19(23)21-17-8-6-7-15(3)13-17/h6-10,13-14H,4-5,11-12H2,1-3H3,(H,21,23). The summed E-state index contributed by atoms with van der Waals surface area (Å²) in [7, 11) is 0. The van der Waals surface area contributed by atoms with Gasteiger partial charge >= 0.3 is 0 Å². The van der Waals surface area contributed by atoms with Crippen molar-refractivity contribution in [3.8, 4) is 0 Å². The number of anilines is 2. The van der Waals surface area contributed by atoms with Crippen molar-refractivity contribution in [1.82, 2.24) is 4.98 Å². The lowest BCUT2D eigenvalue weighted by molar-refractivity contribution is 0.102. The highest BCUT2D eigenvalue weighted by atomic mass is 16.1. The highest BCUT2D eigenvalue weighted by Gasteiger charge is 2.10. The van der Waals surface area contributed by atoms with Gasteiger partial charge in [-0.05, 0) is 49.6 Å². The van der Waals surface area contributed by atoms with Crippen LogP contribution in [0.1, 0.15) is 42.6 Å². The third-order valence-electron chi connectivity index (χ3n) is 3.60. The molecular formula is C19H25N3O. The predicted octanol–water partition coefficient (Wildman–Crippen LogP) is 4.27. The molecule has 1 N–H and O–H groups in total. The van der Waals surface area contributed by atoms with Crippen LogP contribution in [0.25, 0.3) is 0 Å². The average molecular weight is 311 g/mol. The monoisotopic (exact) mass is 311 g/mol. The Bertz CT molecular complexity index is 631. The third-order valence-corrected chi connectivity index (χ3v) is 3.60. The Morgan fingerprint density at radius 1 is 1.13 bits per heavy atom. The van der Waals surface area contributed by atoms with Crippen LogP contribution < -0.4 is 10.2 Å². The molecular weight excluding hydrogens is 286 g/mol. The van der Waals surface area contributed by atoms with Crippen LogP contribution in [0.15, 0.2) is 42.6 Å². The van der Waals surface area contributed by atoms with E-state index in [2.05, 4.69) is 29.0 Å². The molecule has 2 aromatic rings. The van der Waals surface area contributed by atoms with Crippen LogP contribution in [-0.4, -0.2) is 24.0 Å². The van der Waals surface area contributed by atoms with Crippen molar-refractivity contribution in [2.75, 3.05) is 23.3 Å². The van der Waals surface area contributed by atoms with Crippen molar-refractivity contribution in [2.24, 2.45) is 0 Å².